The number of rotatable bonds is 27. The van der Waals surface area contributed by atoms with Crippen LogP contribution in [0.3, 0.4) is 0 Å². The van der Waals surface area contributed by atoms with Gasteiger partial charge in [-0.2, -0.15) is 21.6 Å². The summed E-state index contributed by atoms with van der Waals surface area (Å²) < 4.78 is 130. The number of carbonyl (C=O) groups is 1. The molecule has 0 bridgehead atoms. The van der Waals surface area contributed by atoms with Crippen LogP contribution in [0.25, 0.3) is 11.2 Å². The van der Waals surface area contributed by atoms with Gasteiger partial charge in [-0.1, -0.05) is 32.8 Å². The number of allylic oxidation sites excluding steroid dienone is 4. The highest BCUT2D eigenvalue weighted by Gasteiger charge is 2.48. The first-order chi connectivity index (χ1) is 37.3. The maximum Gasteiger partial charge on any atom is 0.489 e. The van der Waals surface area contributed by atoms with Gasteiger partial charge in [-0.25, -0.2) is 42.2 Å². The minimum absolute atomic E-state index is 0.0264. The lowest BCUT2D eigenvalue weighted by Crippen LogP contribution is -2.33. The number of hydrogen-bond acceptors (Lipinski definition) is 20. The number of phosphoric acid groups is 2. The van der Waals surface area contributed by atoms with Crippen LogP contribution in [-0.2, 0) is 67.4 Å². The Bertz CT molecular complexity index is 3470. The molecule has 440 valence electrons. The van der Waals surface area contributed by atoms with Gasteiger partial charge in [0.2, 0.25) is 11.6 Å². The Morgan fingerprint density at radius 3 is 2.24 bits per heavy atom. The second-order valence-electron chi connectivity index (χ2n) is 20.3. The van der Waals surface area contributed by atoms with Crippen LogP contribution in [0.1, 0.15) is 103 Å². The molecule has 3 aliphatic heterocycles. The topological polar surface area (TPSA) is 418 Å². The molecular formula is C47H66N9O19P3S2. The van der Waals surface area contributed by atoms with Gasteiger partial charge in [-0.15, -0.1) is 0 Å². The SMILES string of the molecule is CCN1/C(=C/C=C/C2=[N+](CCCCCC(=O)NCCCCCCNP(=O)(O)OP(=O)(O)OP(=O)(O)OC[C@H]3O[C@@H](n4cnc5c(N)ncnc54)C(O)C3O)c3ccc(S(=O)(=O)O)cc3C2(C)C)C(C)(C)c2cc(S(=O)(=O)[O-])ccc21. The Kier molecular flexibility index (Phi) is 19.4. The fourth-order valence-corrected chi connectivity index (χ4v) is 14.7. The second-order valence-corrected chi connectivity index (χ2v) is 27.9. The van der Waals surface area contributed by atoms with E-state index in [1.54, 1.807) is 12.1 Å². The number of imidazole rings is 1. The fourth-order valence-electron chi connectivity index (χ4n) is 9.97. The number of aliphatic hydroxyl groups is 2. The summed E-state index contributed by atoms with van der Waals surface area (Å²) >= 11 is 0. The average molecular weight is 1220 g/mol. The van der Waals surface area contributed by atoms with Crippen molar-refractivity contribution in [1.29, 1.82) is 0 Å². The molecule has 0 saturated carbocycles. The summed E-state index contributed by atoms with van der Waals surface area (Å²) in [6.45, 7) is 10.1. The summed E-state index contributed by atoms with van der Waals surface area (Å²) in [5, 5.41) is 26.0. The number of aromatic nitrogens is 4. The van der Waals surface area contributed by atoms with Gasteiger partial charge in [0.05, 0.1) is 28.1 Å². The van der Waals surface area contributed by atoms with Crippen LogP contribution in [0.4, 0.5) is 17.2 Å². The molecule has 1 saturated heterocycles. The van der Waals surface area contributed by atoms with Gasteiger partial charge < -0.3 is 50.1 Å². The van der Waals surface area contributed by atoms with E-state index in [-0.39, 0.29) is 52.1 Å². The predicted octanol–water partition coefficient (Wildman–Crippen LogP) is 4.69. The third-order valence-electron chi connectivity index (χ3n) is 14.0. The van der Waals surface area contributed by atoms with Crippen molar-refractivity contribution in [3.8, 4) is 0 Å². The largest absolute Gasteiger partial charge is 0.744 e. The first kappa shape index (κ1) is 62.9. The highest BCUT2D eigenvalue weighted by molar-refractivity contribution is 7.86. The summed E-state index contributed by atoms with van der Waals surface area (Å²) in [6.07, 6.45) is 6.03. The van der Waals surface area contributed by atoms with Gasteiger partial charge >= 0.3 is 23.4 Å². The van der Waals surface area contributed by atoms with Gasteiger partial charge in [0.25, 0.3) is 10.1 Å². The van der Waals surface area contributed by atoms with Gasteiger partial charge in [0.1, 0.15) is 46.8 Å². The van der Waals surface area contributed by atoms with Crippen molar-refractivity contribution >= 4 is 83.6 Å². The van der Waals surface area contributed by atoms with Crippen molar-refractivity contribution in [2.45, 2.75) is 131 Å². The number of nitrogens with one attached hydrogen (secondary N) is 2. The zero-order valence-electron chi connectivity index (χ0n) is 44.3. The zero-order chi connectivity index (χ0) is 58.8. The molecule has 7 atom stereocenters. The van der Waals surface area contributed by atoms with Crippen molar-refractivity contribution in [3.05, 3.63) is 84.1 Å². The molecule has 7 rings (SSSR count). The quantitative estimate of drug-likeness (QED) is 0.0169. The van der Waals surface area contributed by atoms with Crippen molar-refractivity contribution in [3.63, 3.8) is 0 Å². The highest BCUT2D eigenvalue weighted by Crippen LogP contribution is 2.66. The third kappa shape index (κ3) is 14.6. The minimum atomic E-state index is -5.75. The van der Waals surface area contributed by atoms with Crippen LogP contribution >= 0.6 is 23.4 Å². The van der Waals surface area contributed by atoms with E-state index in [4.69, 9.17) is 10.5 Å². The van der Waals surface area contributed by atoms with Crippen LogP contribution in [0.2, 0.25) is 0 Å². The molecule has 0 aliphatic carbocycles. The molecule has 2 aromatic carbocycles. The van der Waals surface area contributed by atoms with Crippen molar-refractivity contribution in [2.75, 3.05) is 43.4 Å². The zero-order valence-corrected chi connectivity index (χ0v) is 48.6. The molecule has 5 unspecified atom stereocenters. The van der Waals surface area contributed by atoms with Crippen LogP contribution in [0.5, 0.6) is 0 Å². The number of benzene rings is 2. The number of nitrogens with two attached hydrogens (primary N) is 1. The second kappa shape index (κ2) is 24.6. The molecule has 33 heteroatoms. The molecule has 0 radical (unpaired) electrons. The van der Waals surface area contributed by atoms with Crippen molar-refractivity contribution in [2.24, 2.45) is 0 Å². The normalized spacial score (nSPS) is 22.6. The summed E-state index contributed by atoms with van der Waals surface area (Å²) in [5.41, 5.74) is 9.37. The van der Waals surface area contributed by atoms with E-state index >= 15 is 0 Å². The standard InChI is InChI=1S/C47H66N9O19P3S2/c1-6-54-34-20-18-30(79(66,67)68)25-32(34)46(2,3)37(54)15-14-16-38-47(4,5)33-26-31(80(69,70)71)19-21-35(33)55(38)24-13-9-10-17-39(57)49-22-11-7-8-12-23-53-76(60,61)74-78(64,65)75-77(62,63)72-27-36-41(58)42(59)45(73-36)56-29-52-40-43(48)50-28-51-44(40)56/h14-16,18-21,25-26,28-29,36,41-42,45,58-59H,6-13,17,22-24,27H2,1-5H3,(H8-,48,49,50,51,53,57,60,61,62,63,64,65,66,67,68,69,70,71)/t36-,41?,42?,45-/m1/s1. The smallest absolute Gasteiger partial charge is 0.489 e. The molecule has 1 fully saturated rings. The number of likely N-dealkylation sites (N-methyl/N-ethyl adjacent to an activating group) is 1. The fraction of sp³-hybridized carbons (Fsp3) is 0.511. The van der Waals surface area contributed by atoms with E-state index in [0.29, 0.717) is 69.3 Å². The van der Waals surface area contributed by atoms with Crippen molar-refractivity contribution < 1.29 is 91.8 Å². The molecule has 0 spiro atoms. The minimum Gasteiger partial charge on any atom is -0.744 e. The van der Waals surface area contributed by atoms with Gasteiger partial charge in [-0.3, -0.25) is 18.4 Å². The van der Waals surface area contributed by atoms with E-state index in [0.717, 1.165) is 29.1 Å². The van der Waals surface area contributed by atoms with E-state index in [2.05, 4.69) is 48.0 Å². The monoisotopic (exact) mass is 1220 g/mol. The van der Waals surface area contributed by atoms with E-state index < -0.39 is 85.6 Å². The maximum absolute atomic E-state index is 12.7. The number of fused-ring (bicyclic) bond motifs is 3. The summed E-state index contributed by atoms with van der Waals surface area (Å²) in [7, 11) is -25.6. The molecular weight excluding hydrogens is 1150 g/mol. The third-order valence-corrected chi connectivity index (χ3v) is 20.1. The summed E-state index contributed by atoms with van der Waals surface area (Å²) in [5.74, 6) is -0.131. The number of phosphoric ester groups is 1. The molecule has 3 aliphatic rings. The van der Waals surface area contributed by atoms with Gasteiger partial charge in [0, 0.05) is 67.0 Å². The van der Waals surface area contributed by atoms with Crippen LogP contribution in [0.15, 0.2) is 82.8 Å². The van der Waals surface area contributed by atoms with E-state index in [9.17, 15) is 69.3 Å². The van der Waals surface area contributed by atoms with Crippen molar-refractivity contribution in [1.82, 2.24) is 29.9 Å². The Hall–Kier alpha value is -4.68. The molecule has 4 aromatic rings. The van der Waals surface area contributed by atoms with Crippen LogP contribution < -0.4 is 21.0 Å². The molecule has 28 nitrogen and oxygen atoms in total. The highest BCUT2D eigenvalue weighted by atomic mass is 32.2. The molecule has 5 heterocycles. The molecule has 2 aromatic heterocycles. The molecule has 1 amide bonds. The lowest BCUT2D eigenvalue weighted by Gasteiger charge is -2.25. The number of nitrogen functional groups attached to an aromatic ring is 1. The number of unbranched alkanes of at least 4 members (excludes halogenated alkanes) is 5. The summed E-state index contributed by atoms with van der Waals surface area (Å²) in [6, 6.07) is 8.87. The Morgan fingerprint density at radius 2 is 1.55 bits per heavy atom. The molecule has 10 N–H and O–H groups in total. The van der Waals surface area contributed by atoms with E-state index in [1.165, 1.54) is 35.2 Å². The Balaban J connectivity index is 0.822. The Labute approximate surface area is 462 Å². The number of anilines is 2. The number of amides is 1. The number of nitrogens with zero attached hydrogens (tertiary/aromatic N) is 6. The van der Waals surface area contributed by atoms with Crippen LogP contribution in [0, 0.1) is 0 Å². The Morgan fingerprint density at radius 1 is 0.875 bits per heavy atom. The molecule has 80 heavy (non-hydrogen) atoms. The van der Waals surface area contributed by atoms with Gasteiger partial charge in [-0.05, 0) is 88.4 Å². The lowest BCUT2D eigenvalue weighted by molar-refractivity contribution is -0.438. The first-order valence-corrected chi connectivity index (χ1v) is 32.8. The van der Waals surface area contributed by atoms with Crippen LogP contribution in [-0.4, -0.2) is 138 Å². The summed E-state index contributed by atoms with van der Waals surface area (Å²) in [4.78, 5) is 56.4. The average Bonchev–Trinajstić information content (AvgIpc) is 4.24. The van der Waals surface area contributed by atoms with E-state index in [1.807, 2.05) is 52.8 Å². The lowest BCUT2D eigenvalue weighted by atomic mass is 9.81. The number of ether oxygens (including phenoxy) is 1. The van der Waals surface area contributed by atoms with Gasteiger partial charge in [0.15, 0.2) is 23.4 Å². The number of carbonyl (C=O) groups excluding carboxylic acids is 1. The first-order valence-electron chi connectivity index (χ1n) is 25.3. The number of hydrogen-bond donors (Lipinski definition) is 9. The number of aliphatic hydroxyl groups excluding tert-OH is 2. The predicted molar refractivity (Wildman–Crippen MR) is 288 cm³/mol. The maximum atomic E-state index is 12.7.